The van der Waals surface area contributed by atoms with Crippen molar-refractivity contribution in [1.29, 1.82) is 0 Å². The molecule has 0 atom stereocenters. The number of aromatic nitrogens is 1. The number of fused-ring (bicyclic) bond motifs is 1. The molecule has 0 aliphatic heterocycles. The van der Waals surface area contributed by atoms with E-state index in [0.29, 0.717) is 0 Å². The van der Waals surface area contributed by atoms with Crippen molar-refractivity contribution in [2.45, 2.75) is 27.4 Å². The van der Waals surface area contributed by atoms with Crippen molar-refractivity contribution >= 4 is 22.8 Å². The number of hydrogen-bond acceptors (Lipinski definition) is 3. The van der Waals surface area contributed by atoms with Gasteiger partial charge in [-0.1, -0.05) is 80.6 Å². The molecule has 4 aromatic rings. The number of carboxylic acid groups (broad SMARTS) is 1. The van der Waals surface area contributed by atoms with Crippen molar-refractivity contribution in [3.8, 4) is 16.9 Å². The van der Waals surface area contributed by atoms with Crippen LogP contribution in [0.3, 0.4) is 0 Å². The van der Waals surface area contributed by atoms with Crippen molar-refractivity contribution in [3.63, 3.8) is 0 Å². The molecule has 162 valence electrons. The first-order valence-electron chi connectivity index (χ1n) is 10.7. The van der Waals surface area contributed by atoms with Crippen LogP contribution in [0.1, 0.15) is 42.4 Å². The Labute approximate surface area is 188 Å². The van der Waals surface area contributed by atoms with Gasteiger partial charge in [-0.3, -0.25) is 0 Å². The van der Waals surface area contributed by atoms with Crippen LogP contribution in [0.5, 0.6) is 5.75 Å². The lowest BCUT2D eigenvalue weighted by Crippen LogP contribution is -2.06. The number of carbonyl (C=O) groups is 1. The number of benzene rings is 3. The minimum atomic E-state index is -1.11. The van der Waals surface area contributed by atoms with Crippen LogP contribution in [0.4, 0.5) is 0 Å². The standard InChI is InChI=1S/C26H21NO3.C2H6/c1-2-7-18-10-6-11-20(14-18)21-12-13-23-22(15-21)16-27-24(26(28)29)25(23)30-17-19-8-4-3-5-9-19;1-2/h2-16H,17H2,1H3,(H,28,29);1-2H3/b7-2+;. The maximum atomic E-state index is 11.7. The Kier molecular flexibility index (Phi) is 7.76. The summed E-state index contributed by atoms with van der Waals surface area (Å²) in [4.78, 5) is 15.9. The fraction of sp³-hybridized carbons (Fsp3) is 0.143. The van der Waals surface area contributed by atoms with Gasteiger partial charge in [-0.15, -0.1) is 0 Å². The van der Waals surface area contributed by atoms with Gasteiger partial charge >= 0.3 is 5.97 Å². The van der Waals surface area contributed by atoms with E-state index in [9.17, 15) is 9.90 Å². The summed E-state index contributed by atoms with van der Waals surface area (Å²) in [5, 5.41) is 11.1. The van der Waals surface area contributed by atoms with E-state index in [0.717, 1.165) is 33.0 Å². The highest BCUT2D eigenvalue weighted by atomic mass is 16.5. The van der Waals surface area contributed by atoms with E-state index in [1.807, 2.05) is 81.4 Å². The van der Waals surface area contributed by atoms with Crippen LogP contribution in [-0.2, 0) is 6.61 Å². The largest absolute Gasteiger partial charge is 0.486 e. The lowest BCUT2D eigenvalue weighted by Gasteiger charge is -2.13. The predicted octanol–water partition coefficient (Wildman–Crippen LogP) is 7.24. The summed E-state index contributed by atoms with van der Waals surface area (Å²) in [6.07, 6.45) is 5.65. The van der Waals surface area contributed by atoms with Crippen molar-refractivity contribution in [3.05, 3.63) is 102 Å². The van der Waals surface area contributed by atoms with Crippen molar-refractivity contribution < 1.29 is 14.6 Å². The first-order chi connectivity index (χ1) is 15.7. The Hall–Kier alpha value is -3.92. The minimum Gasteiger partial charge on any atom is -0.486 e. The van der Waals surface area contributed by atoms with E-state index in [-0.39, 0.29) is 18.1 Å². The highest BCUT2D eigenvalue weighted by molar-refractivity contribution is 5.99. The molecule has 0 bridgehead atoms. The molecule has 0 unspecified atom stereocenters. The molecule has 1 N–H and O–H groups in total. The number of pyridine rings is 1. The molecule has 0 radical (unpaired) electrons. The summed E-state index contributed by atoms with van der Waals surface area (Å²) < 4.78 is 5.94. The fourth-order valence-electron chi connectivity index (χ4n) is 3.42. The second-order valence-electron chi connectivity index (χ2n) is 6.94. The number of allylic oxidation sites excluding steroid dienone is 1. The molecule has 4 rings (SSSR count). The van der Waals surface area contributed by atoms with Gasteiger partial charge in [0.05, 0.1) is 0 Å². The average molecular weight is 426 g/mol. The fourth-order valence-corrected chi connectivity index (χ4v) is 3.42. The van der Waals surface area contributed by atoms with E-state index < -0.39 is 5.97 Å². The van der Waals surface area contributed by atoms with Gasteiger partial charge < -0.3 is 9.84 Å². The van der Waals surface area contributed by atoms with Crippen LogP contribution >= 0.6 is 0 Å². The maximum Gasteiger partial charge on any atom is 0.358 e. The first-order valence-corrected chi connectivity index (χ1v) is 10.7. The molecule has 3 aromatic carbocycles. The van der Waals surface area contributed by atoms with E-state index in [4.69, 9.17) is 4.74 Å². The van der Waals surface area contributed by atoms with Crippen LogP contribution in [0, 0.1) is 0 Å². The van der Waals surface area contributed by atoms with Gasteiger partial charge in [0.1, 0.15) is 6.61 Å². The van der Waals surface area contributed by atoms with Crippen LogP contribution in [-0.4, -0.2) is 16.1 Å². The van der Waals surface area contributed by atoms with E-state index in [2.05, 4.69) is 29.3 Å². The number of rotatable bonds is 6. The molecule has 0 amide bonds. The summed E-state index contributed by atoms with van der Waals surface area (Å²) in [6, 6.07) is 23.8. The molecule has 1 heterocycles. The Bertz CT molecular complexity index is 1230. The topological polar surface area (TPSA) is 59.4 Å². The lowest BCUT2D eigenvalue weighted by atomic mass is 9.99. The van der Waals surface area contributed by atoms with E-state index >= 15 is 0 Å². The molecule has 0 spiro atoms. The van der Waals surface area contributed by atoms with Crippen molar-refractivity contribution in [2.75, 3.05) is 0 Å². The lowest BCUT2D eigenvalue weighted by molar-refractivity contribution is 0.0685. The molecule has 0 fully saturated rings. The third-order valence-electron chi connectivity index (χ3n) is 4.85. The first kappa shape index (κ1) is 22.8. The molecular formula is C28H27NO3. The third kappa shape index (κ3) is 5.22. The van der Waals surface area contributed by atoms with Gasteiger partial charge in [0, 0.05) is 17.0 Å². The minimum absolute atomic E-state index is 0.0822. The SMILES string of the molecule is C/C=C/c1cccc(-c2ccc3c(OCc4ccccc4)c(C(=O)O)ncc3c2)c1.CC. The molecular weight excluding hydrogens is 398 g/mol. The smallest absolute Gasteiger partial charge is 0.358 e. The van der Waals surface area contributed by atoms with Crippen LogP contribution < -0.4 is 4.74 Å². The molecule has 4 heteroatoms. The Morgan fingerprint density at radius 2 is 1.72 bits per heavy atom. The van der Waals surface area contributed by atoms with Crippen LogP contribution in [0.25, 0.3) is 28.0 Å². The summed E-state index contributed by atoms with van der Waals surface area (Å²) in [7, 11) is 0. The normalized spacial score (nSPS) is 10.6. The maximum absolute atomic E-state index is 11.7. The summed E-state index contributed by atoms with van der Waals surface area (Å²) >= 11 is 0. The third-order valence-corrected chi connectivity index (χ3v) is 4.85. The van der Waals surface area contributed by atoms with Gasteiger partial charge in [-0.05, 0) is 47.4 Å². The molecule has 0 saturated heterocycles. The van der Waals surface area contributed by atoms with Crippen LogP contribution in [0.15, 0.2) is 85.1 Å². The zero-order valence-electron chi connectivity index (χ0n) is 18.6. The monoisotopic (exact) mass is 425 g/mol. The molecule has 1 aromatic heterocycles. The highest BCUT2D eigenvalue weighted by Gasteiger charge is 2.17. The van der Waals surface area contributed by atoms with E-state index in [1.165, 1.54) is 0 Å². The predicted molar refractivity (Wildman–Crippen MR) is 131 cm³/mol. The molecule has 0 saturated carbocycles. The van der Waals surface area contributed by atoms with Gasteiger partial charge in [-0.2, -0.15) is 0 Å². The number of aromatic carboxylic acids is 1. The Morgan fingerprint density at radius 3 is 2.44 bits per heavy atom. The quantitative estimate of drug-likeness (QED) is 0.354. The van der Waals surface area contributed by atoms with Crippen molar-refractivity contribution in [1.82, 2.24) is 4.98 Å². The Balaban J connectivity index is 0.00000141. The number of nitrogens with zero attached hydrogens (tertiary/aromatic N) is 1. The average Bonchev–Trinajstić information content (AvgIpc) is 2.84. The second-order valence-corrected chi connectivity index (χ2v) is 6.94. The summed E-state index contributed by atoms with van der Waals surface area (Å²) in [6.45, 7) is 6.26. The van der Waals surface area contributed by atoms with Crippen molar-refractivity contribution in [2.24, 2.45) is 0 Å². The van der Waals surface area contributed by atoms with Crippen LogP contribution in [0.2, 0.25) is 0 Å². The zero-order valence-corrected chi connectivity index (χ0v) is 18.6. The summed E-state index contributed by atoms with van der Waals surface area (Å²) in [5.41, 5.74) is 4.13. The number of hydrogen-bond donors (Lipinski definition) is 1. The van der Waals surface area contributed by atoms with Gasteiger partial charge in [0.15, 0.2) is 11.4 Å². The molecule has 4 nitrogen and oxygen atoms in total. The van der Waals surface area contributed by atoms with Gasteiger partial charge in [0.25, 0.3) is 0 Å². The summed E-state index contributed by atoms with van der Waals surface area (Å²) in [5.74, 6) is -0.818. The molecule has 0 aliphatic carbocycles. The highest BCUT2D eigenvalue weighted by Crippen LogP contribution is 2.32. The van der Waals surface area contributed by atoms with E-state index in [1.54, 1.807) is 6.20 Å². The second kappa shape index (κ2) is 10.9. The molecule has 0 aliphatic rings. The number of ether oxygens (including phenoxy) is 1. The molecule has 32 heavy (non-hydrogen) atoms. The number of carboxylic acids is 1. The zero-order chi connectivity index (χ0) is 22.9. The van der Waals surface area contributed by atoms with Gasteiger partial charge in [0.2, 0.25) is 0 Å². The Morgan fingerprint density at radius 1 is 0.969 bits per heavy atom. The van der Waals surface area contributed by atoms with Gasteiger partial charge in [-0.25, -0.2) is 9.78 Å².